The average Bonchev–Trinajstić information content (AvgIpc) is 2.65. The topological polar surface area (TPSA) is 61.8 Å². The molecule has 1 aromatic carbocycles. The summed E-state index contributed by atoms with van der Waals surface area (Å²) in [6.07, 6.45) is 2.04. The SMILES string of the molecule is CCOC(=O)C(CC#Cc1ccc(OC)cc1)(CC=C(C)C)C(=O)OCC. The predicted octanol–water partition coefficient (Wildman–Crippen LogP) is 3.91. The highest BCUT2D eigenvalue weighted by atomic mass is 16.6. The average molecular weight is 372 g/mol. The van der Waals surface area contributed by atoms with Crippen molar-refractivity contribution in [3.63, 3.8) is 0 Å². The second-order valence-corrected chi connectivity index (χ2v) is 6.22. The quantitative estimate of drug-likeness (QED) is 0.300. The van der Waals surface area contributed by atoms with Crippen LogP contribution < -0.4 is 4.74 Å². The second kappa shape index (κ2) is 11.1. The van der Waals surface area contributed by atoms with Gasteiger partial charge >= 0.3 is 11.9 Å². The van der Waals surface area contributed by atoms with E-state index in [4.69, 9.17) is 14.2 Å². The van der Waals surface area contributed by atoms with Crippen molar-refractivity contribution in [3.8, 4) is 17.6 Å². The molecule has 27 heavy (non-hydrogen) atoms. The Balaban J connectivity index is 3.20. The molecule has 0 amide bonds. The lowest BCUT2D eigenvalue weighted by Crippen LogP contribution is -2.41. The number of ether oxygens (including phenoxy) is 3. The molecule has 0 heterocycles. The molecule has 0 N–H and O–H groups in total. The lowest BCUT2D eigenvalue weighted by Gasteiger charge is -2.26. The van der Waals surface area contributed by atoms with Crippen LogP contribution in [0.3, 0.4) is 0 Å². The summed E-state index contributed by atoms with van der Waals surface area (Å²) < 4.78 is 15.5. The van der Waals surface area contributed by atoms with E-state index in [0.29, 0.717) is 0 Å². The van der Waals surface area contributed by atoms with E-state index in [0.717, 1.165) is 16.9 Å². The van der Waals surface area contributed by atoms with Crippen molar-refractivity contribution >= 4 is 11.9 Å². The Bertz CT molecular complexity index is 697. The maximum Gasteiger partial charge on any atom is 0.324 e. The zero-order valence-electron chi connectivity index (χ0n) is 16.8. The fourth-order valence-corrected chi connectivity index (χ4v) is 2.35. The van der Waals surface area contributed by atoms with E-state index < -0.39 is 17.4 Å². The third-order valence-electron chi connectivity index (χ3n) is 3.90. The first kappa shape index (κ1) is 22.3. The summed E-state index contributed by atoms with van der Waals surface area (Å²) >= 11 is 0. The fourth-order valence-electron chi connectivity index (χ4n) is 2.35. The van der Waals surface area contributed by atoms with Crippen LogP contribution in [0.1, 0.15) is 46.1 Å². The first-order chi connectivity index (χ1) is 12.9. The molecule has 5 nitrogen and oxygen atoms in total. The molecule has 0 atom stereocenters. The molecule has 0 aliphatic heterocycles. The van der Waals surface area contributed by atoms with E-state index in [1.165, 1.54) is 0 Å². The van der Waals surface area contributed by atoms with Gasteiger partial charge in [0.25, 0.3) is 0 Å². The van der Waals surface area contributed by atoms with Gasteiger partial charge in [0.05, 0.1) is 20.3 Å². The number of hydrogen-bond donors (Lipinski definition) is 0. The predicted molar refractivity (Wildman–Crippen MR) is 104 cm³/mol. The Labute approximate surface area is 161 Å². The number of carbonyl (C=O) groups excluding carboxylic acids is 2. The Morgan fingerprint density at radius 2 is 1.59 bits per heavy atom. The monoisotopic (exact) mass is 372 g/mol. The largest absolute Gasteiger partial charge is 0.497 e. The minimum atomic E-state index is -1.47. The molecule has 5 heteroatoms. The molecule has 0 spiro atoms. The van der Waals surface area contributed by atoms with Crippen molar-refractivity contribution in [2.24, 2.45) is 5.41 Å². The Morgan fingerprint density at radius 3 is 2.04 bits per heavy atom. The van der Waals surface area contributed by atoms with Crippen LogP contribution in [0.15, 0.2) is 35.9 Å². The summed E-state index contributed by atoms with van der Waals surface area (Å²) in [5.74, 6) is 5.47. The standard InChI is InChI=1S/C22H28O5/c1-6-26-20(23)22(16-14-17(3)4,21(24)27-7-2)15-8-9-18-10-12-19(25-5)13-11-18/h10-14H,6-7,15-16H2,1-5H3. The number of hydrogen-bond acceptors (Lipinski definition) is 5. The van der Waals surface area contributed by atoms with Crippen LogP contribution in [-0.2, 0) is 19.1 Å². The van der Waals surface area contributed by atoms with Crippen molar-refractivity contribution in [1.29, 1.82) is 0 Å². The number of allylic oxidation sites excluding steroid dienone is 2. The molecule has 0 unspecified atom stereocenters. The van der Waals surface area contributed by atoms with Gasteiger partial charge in [-0.3, -0.25) is 9.59 Å². The smallest absolute Gasteiger partial charge is 0.324 e. The summed E-state index contributed by atoms with van der Waals surface area (Å²) in [6.45, 7) is 7.59. The second-order valence-electron chi connectivity index (χ2n) is 6.22. The lowest BCUT2D eigenvalue weighted by molar-refractivity contribution is -0.171. The highest BCUT2D eigenvalue weighted by Crippen LogP contribution is 2.32. The van der Waals surface area contributed by atoms with Gasteiger partial charge in [0.15, 0.2) is 5.41 Å². The van der Waals surface area contributed by atoms with E-state index in [1.807, 2.05) is 32.1 Å². The van der Waals surface area contributed by atoms with Gasteiger partial charge in [-0.1, -0.05) is 23.5 Å². The van der Waals surface area contributed by atoms with Gasteiger partial charge in [-0.2, -0.15) is 0 Å². The molecule has 146 valence electrons. The zero-order valence-corrected chi connectivity index (χ0v) is 16.8. The van der Waals surface area contributed by atoms with Crippen LogP contribution in [-0.4, -0.2) is 32.3 Å². The first-order valence-corrected chi connectivity index (χ1v) is 9.00. The number of esters is 2. The molecule has 0 aliphatic rings. The van der Waals surface area contributed by atoms with Crippen LogP contribution in [0.2, 0.25) is 0 Å². The van der Waals surface area contributed by atoms with Crippen LogP contribution in [0.5, 0.6) is 5.75 Å². The van der Waals surface area contributed by atoms with Crippen molar-refractivity contribution in [1.82, 2.24) is 0 Å². The Morgan fingerprint density at radius 1 is 1.04 bits per heavy atom. The first-order valence-electron chi connectivity index (χ1n) is 9.00. The maximum absolute atomic E-state index is 12.7. The van der Waals surface area contributed by atoms with Gasteiger partial charge in [0.1, 0.15) is 5.75 Å². The molecule has 0 saturated heterocycles. The summed E-state index contributed by atoms with van der Waals surface area (Å²) in [5.41, 5.74) is 0.290. The Hall–Kier alpha value is -2.74. The molecule has 0 radical (unpaired) electrons. The minimum absolute atomic E-state index is 0.0144. The van der Waals surface area contributed by atoms with Gasteiger partial charge in [0.2, 0.25) is 0 Å². The van der Waals surface area contributed by atoms with Crippen molar-refractivity contribution in [3.05, 3.63) is 41.5 Å². The molecule has 0 saturated carbocycles. The number of rotatable bonds is 8. The zero-order chi connectivity index (χ0) is 20.3. The molecule has 0 bridgehead atoms. The van der Waals surface area contributed by atoms with Crippen LogP contribution in [0.25, 0.3) is 0 Å². The number of carbonyl (C=O) groups is 2. The highest BCUT2D eigenvalue weighted by Gasteiger charge is 2.47. The normalized spacial score (nSPS) is 10.3. The number of benzene rings is 1. The maximum atomic E-state index is 12.7. The fraction of sp³-hybridized carbons (Fsp3) is 0.455. The third kappa shape index (κ3) is 6.49. The van der Waals surface area contributed by atoms with E-state index in [9.17, 15) is 9.59 Å². The van der Waals surface area contributed by atoms with Crippen molar-refractivity contribution in [2.45, 2.75) is 40.5 Å². The van der Waals surface area contributed by atoms with Crippen LogP contribution in [0.4, 0.5) is 0 Å². The molecule has 1 aromatic rings. The van der Waals surface area contributed by atoms with E-state index in [2.05, 4.69) is 11.8 Å². The van der Waals surface area contributed by atoms with Gasteiger partial charge in [-0.25, -0.2) is 0 Å². The Kier molecular flexibility index (Phi) is 9.15. The molecule has 1 rings (SSSR count). The van der Waals surface area contributed by atoms with Gasteiger partial charge in [-0.05, 0) is 58.4 Å². The lowest BCUT2D eigenvalue weighted by atomic mass is 9.80. The van der Waals surface area contributed by atoms with Crippen molar-refractivity contribution < 1.29 is 23.8 Å². The van der Waals surface area contributed by atoms with E-state index in [-0.39, 0.29) is 26.1 Å². The molecular weight excluding hydrogens is 344 g/mol. The molecule has 0 aliphatic carbocycles. The summed E-state index contributed by atoms with van der Waals surface area (Å²) in [7, 11) is 1.59. The van der Waals surface area contributed by atoms with Crippen LogP contribution in [0, 0.1) is 17.3 Å². The molecule has 0 fully saturated rings. The molecule has 0 aromatic heterocycles. The summed E-state index contributed by atoms with van der Waals surface area (Å²) in [4.78, 5) is 25.4. The van der Waals surface area contributed by atoms with Gasteiger partial charge in [-0.15, -0.1) is 0 Å². The summed E-state index contributed by atoms with van der Waals surface area (Å²) in [5, 5.41) is 0. The molecular formula is C22H28O5. The van der Waals surface area contributed by atoms with E-state index >= 15 is 0 Å². The van der Waals surface area contributed by atoms with E-state index in [1.54, 1.807) is 33.1 Å². The third-order valence-corrected chi connectivity index (χ3v) is 3.90. The number of methoxy groups -OCH3 is 1. The van der Waals surface area contributed by atoms with Gasteiger partial charge in [0, 0.05) is 12.0 Å². The van der Waals surface area contributed by atoms with Crippen LogP contribution >= 0.6 is 0 Å². The van der Waals surface area contributed by atoms with Crippen molar-refractivity contribution in [2.75, 3.05) is 20.3 Å². The summed E-state index contributed by atoms with van der Waals surface area (Å²) in [6, 6.07) is 7.24. The van der Waals surface area contributed by atoms with Gasteiger partial charge < -0.3 is 14.2 Å². The minimum Gasteiger partial charge on any atom is -0.497 e. The highest BCUT2D eigenvalue weighted by molar-refractivity contribution is 6.00.